The highest BCUT2D eigenvalue weighted by molar-refractivity contribution is 7.88. The maximum Gasteiger partial charge on any atom is 0.216 e. The summed E-state index contributed by atoms with van der Waals surface area (Å²) in [5, 5.41) is 0. The Balaban J connectivity index is 1.68. The van der Waals surface area contributed by atoms with Crippen molar-refractivity contribution in [1.82, 2.24) is 4.72 Å². The van der Waals surface area contributed by atoms with Gasteiger partial charge in [0, 0.05) is 12.3 Å². The van der Waals surface area contributed by atoms with Crippen molar-refractivity contribution in [2.75, 3.05) is 12.3 Å². The van der Waals surface area contributed by atoms with E-state index in [4.69, 9.17) is 10.5 Å². The summed E-state index contributed by atoms with van der Waals surface area (Å²) >= 11 is 0. The predicted molar refractivity (Wildman–Crippen MR) is 77.5 cm³/mol. The second kappa shape index (κ2) is 5.35. The maximum absolute atomic E-state index is 12.3. The SMILES string of the molecule is Nc1ccccc1CS(=O)(=O)NC1CCOC1C1CC1. The van der Waals surface area contributed by atoms with Crippen molar-refractivity contribution in [2.24, 2.45) is 5.92 Å². The molecule has 2 unspecified atom stereocenters. The smallest absolute Gasteiger partial charge is 0.216 e. The van der Waals surface area contributed by atoms with Gasteiger partial charge in [-0.2, -0.15) is 0 Å². The average Bonchev–Trinajstić information content (AvgIpc) is 3.13. The molecule has 1 saturated heterocycles. The lowest BCUT2D eigenvalue weighted by molar-refractivity contribution is 0.0848. The number of hydrogen-bond donors (Lipinski definition) is 2. The minimum atomic E-state index is -3.39. The van der Waals surface area contributed by atoms with Gasteiger partial charge in [0.2, 0.25) is 10.0 Å². The number of sulfonamides is 1. The van der Waals surface area contributed by atoms with Crippen LogP contribution >= 0.6 is 0 Å². The molecule has 1 heterocycles. The lowest BCUT2D eigenvalue weighted by Crippen LogP contribution is -2.41. The van der Waals surface area contributed by atoms with E-state index in [2.05, 4.69) is 4.72 Å². The Kier molecular flexibility index (Phi) is 3.70. The zero-order valence-electron chi connectivity index (χ0n) is 11.3. The molecule has 1 aliphatic heterocycles. The molecule has 0 bridgehead atoms. The molecule has 3 rings (SSSR count). The average molecular weight is 296 g/mol. The summed E-state index contributed by atoms with van der Waals surface area (Å²) in [7, 11) is -3.39. The first kappa shape index (κ1) is 13.9. The van der Waals surface area contributed by atoms with Crippen molar-refractivity contribution in [3.8, 4) is 0 Å². The quantitative estimate of drug-likeness (QED) is 0.801. The van der Waals surface area contributed by atoms with Crippen LogP contribution in [0.5, 0.6) is 0 Å². The van der Waals surface area contributed by atoms with Crippen LogP contribution in [-0.4, -0.2) is 27.2 Å². The molecule has 110 valence electrons. The molecule has 5 nitrogen and oxygen atoms in total. The van der Waals surface area contributed by atoms with Crippen molar-refractivity contribution >= 4 is 15.7 Å². The van der Waals surface area contributed by atoms with Gasteiger partial charge in [0.05, 0.1) is 17.9 Å². The summed E-state index contributed by atoms with van der Waals surface area (Å²) < 4.78 is 33.0. The molecule has 3 N–H and O–H groups in total. The van der Waals surface area contributed by atoms with Gasteiger partial charge in [-0.15, -0.1) is 0 Å². The number of nitrogens with one attached hydrogen (secondary N) is 1. The summed E-state index contributed by atoms with van der Waals surface area (Å²) in [5.41, 5.74) is 6.96. The minimum absolute atomic E-state index is 0.0536. The van der Waals surface area contributed by atoms with Gasteiger partial charge in [-0.25, -0.2) is 13.1 Å². The molecule has 2 aliphatic rings. The van der Waals surface area contributed by atoms with E-state index in [1.54, 1.807) is 24.3 Å². The fourth-order valence-electron chi connectivity index (χ4n) is 2.77. The van der Waals surface area contributed by atoms with Crippen molar-refractivity contribution in [1.29, 1.82) is 0 Å². The Morgan fingerprint density at radius 3 is 2.70 bits per heavy atom. The van der Waals surface area contributed by atoms with E-state index in [1.165, 1.54) is 0 Å². The summed E-state index contributed by atoms with van der Waals surface area (Å²) in [6, 6.07) is 6.98. The highest BCUT2D eigenvalue weighted by Gasteiger charge is 2.42. The summed E-state index contributed by atoms with van der Waals surface area (Å²) in [6.07, 6.45) is 3.10. The second-order valence-electron chi connectivity index (χ2n) is 5.64. The standard InChI is InChI=1S/C14H20N2O3S/c15-12-4-2-1-3-11(12)9-20(17,18)16-13-7-8-19-14(13)10-5-6-10/h1-4,10,13-14,16H,5-9,15H2. The molecule has 0 radical (unpaired) electrons. The van der Waals surface area contributed by atoms with Crippen LogP contribution in [0.25, 0.3) is 0 Å². The first-order valence-electron chi connectivity index (χ1n) is 7.00. The van der Waals surface area contributed by atoms with E-state index in [0.29, 0.717) is 23.8 Å². The van der Waals surface area contributed by atoms with Crippen molar-refractivity contribution in [3.05, 3.63) is 29.8 Å². The molecule has 0 aromatic heterocycles. The van der Waals surface area contributed by atoms with E-state index in [1.807, 2.05) is 0 Å². The van der Waals surface area contributed by atoms with Gasteiger partial charge in [0.25, 0.3) is 0 Å². The fourth-order valence-corrected chi connectivity index (χ4v) is 4.24. The van der Waals surface area contributed by atoms with Crippen LogP contribution in [-0.2, 0) is 20.5 Å². The minimum Gasteiger partial charge on any atom is -0.398 e. The molecular formula is C14H20N2O3S. The zero-order valence-corrected chi connectivity index (χ0v) is 12.1. The van der Waals surface area contributed by atoms with Crippen molar-refractivity contribution in [2.45, 2.75) is 37.2 Å². The number of nitrogen functional groups attached to an aromatic ring is 1. The van der Waals surface area contributed by atoms with Gasteiger partial charge in [-0.05, 0) is 36.8 Å². The largest absolute Gasteiger partial charge is 0.398 e. The van der Waals surface area contributed by atoms with E-state index in [-0.39, 0.29) is 17.9 Å². The summed E-state index contributed by atoms with van der Waals surface area (Å²) in [5.74, 6) is 0.458. The lowest BCUT2D eigenvalue weighted by Gasteiger charge is -2.19. The molecular weight excluding hydrogens is 276 g/mol. The topological polar surface area (TPSA) is 81.4 Å². The molecule has 6 heteroatoms. The van der Waals surface area contributed by atoms with Gasteiger partial charge < -0.3 is 10.5 Å². The highest BCUT2D eigenvalue weighted by Crippen LogP contribution is 2.39. The molecule has 2 fully saturated rings. The van der Waals surface area contributed by atoms with E-state index >= 15 is 0 Å². The van der Waals surface area contributed by atoms with Crippen LogP contribution in [0.15, 0.2) is 24.3 Å². The van der Waals surface area contributed by atoms with E-state index in [9.17, 15) is 8.42 Å². The third kappa shape index (κ3) is 3.13. The second-order valence-corrected chi connectivity index (χ2v) is 7.40. The van der Waals surface area contributed by atoms with Crippen molar-refractivity contribution in [3.63, 3.8) is 0 Å². The molecule has 1 aliphatic carbocycles. The Bertz CT molecular complexity index is 584. The number of anilines is 1. The molecule has 0 spiro atoms. The molecule has 2 atom stereocenters. The number of rotatable bonds is 5. The van der Waals surface area contributed by atoms with E-state index < -0.39 is 10.0 Å². The normalized spacial score (nSPS) is 26.8. The van der Waals surface area contributed by atoms with Crippen LogP contribution in [0.4, 0.5) is 5.69 Å². The molecule has 0 amide bonds. The Hall–Kier alpha value is -1.11. The molecule has 1 saturated carbocycles. The van der Waals surface area contributed by atoms with Gasteiger partial charge in [-0.1, -0.05) is 18.2 Å². The third-order valence-electron chi connectivity index (χ3n) is 3.95. The van der Waals surface area contributed by atoms with Crippen LogP contribution in [0, 0.1) is 5.92 Å². The highest BCUT2D eigenvalue weighted by atomic mass is 32.2. The van der Waals surface area contributed by atoms with Gasteiger partial charge >= 0.3 is 0 Å². The van der Waals surface area contributed by atoms with Crippen LogP contribution in [0.3, 0.4) is 0 Å². The molecule has 20 heavy (non-hydrogen) atoms. The first-order chi connectivity index (χ1) is 9.55. The van der Waals surface area contributed by atoms with Crippen molar-refractivity contribution < 1.29 is 13.2 Å². The Labute approximate surface area is 119 Å². The summed E-state index contributed by atoms with van der Waals surface area (Å²) in [6.45, 7) is 0.641. The van der Waals surface area contributed by atoms with Gasteiger partial charge in [0.1, 0.15) is 0 Å². The van der Waals surface area contributed by atoms with Crippen LogP contribution in [0.1, 0.15) is 24.8 Å². The van der Waals surface area contributed by atoms with Crippen LogP contribution < -0.4 is 10.5 Å². The number of nitrogens with two attached hydrogens (primary N) is 1. The number of hydrogen-bond acceptors (Lipinski definition) is 4. The predicted octanol–water partition coefficient (Wildman–Crippen LogP) is 1.26. The third-order valence-corrected chi connectivity index (χ3v) is 5.31. The number of para-hydroxylation sites is 1. The molecule has 1 aromatic carbocycles. The van der Waals surface area contributed by atoms with Gasteiger partial charge in [0.15, 0.2) is 0 Å². The lowest BCUT2D eigenvalue weighted by atomic mass is 10.1. The van der Waals surface area contributed by atoms with Crippen LogP contribution in [0.2, 0.25) is 0 Å². The zero-order chi connectivity index (χ0) is 14.2. The maximum atomic E-state index is 12.3. The first-order valence-corrected chi connectivity index (χ1v) is 8.65. The number of ether oxygens (including phenoxy) is 1. The number of benzene rings is 1. The summed E-state index contributed by atoms with van der Waals surface area (Å²) in [4.78, 5) is 0. The van der Waals surface area contributed by atoms with E-state index in [0.717, 1.165) is 19.3 Å². The monoisotopic (exact) mass is 296 g/mol. The van der Waals surface area contributed by atoms with Gasteiger partial charge in [-0.3, -0.25) is 0 Å². The Morgan fingerprint density at radius 2 is 2.00 bits per heavy atom. The molecule has 1 aromatic rings. The Morgan fingerprint density at radius 1 is 1.25 bits per heavy atom. The fraction of sp³-hybridized carbons (Fsp3) is 0.571.